The highest BCUT2D eigenvalue weighted by atomic mass is 16.5. The van der Waals surface area contributed by atoms with Crippen LogP contribution in [0.2, 0.25) is 0 Å². The zero-order valence-corrected chi connectivity index (χ0v) is 13.2. The molecule has 1 aliphatic rings. The number of benzene rings is 1. The Labute approximate surface area is 118 Å². The fourth-order valence-corrected chi connectivity index (χ4v) is 2.15. The van der Waals surface area contributed by atoms with Gasteiger partial charge < -0.3 is 4.74 Å². The van der Waals surface area contributed by atoms with Gasteiger partial charge >= 0.3 is 0 Å². The lowest BCUT2D eigenvalue weighted by atomic mass is 9.94. The van der Waals surface area contributed by atoms with E-state index in [0.717, 1.165) is 12.2 Å². The summed E-state index contributed by atoms with van der Waals surface area (Å²) in [6.45, 7) is 10.2. The second-order valence-electron chi connectivity index (χ2n) is 4.22. The lowest BCUT2D eigenvalue weighted by molar-refractivity contribution is -0.118. The number of rotatable bonds is 1. The minimum Gasteiger partial charge on any atom is -0.497 e. The van der Waals surface area contributed by atoms with E-state index in [9.17, 15) is 4.79 Å². The largest absolute Gasteiger partial charge is 0.497 e. The van der Waals surface area contributed by atoms with E-state index in [1.807, 2.05) is 39.8 Å². The Morgan fingerprint density at radius 1 is 1.16 bits per heavy atom. The third kappa shape index (κ3) is 5.06. The van der Waals surface area contributed by atoms with Crippen molar-refractivity contribution in [3.8, 4) is 5.75 Å². The van der Waals surface area contributed by atoms with Crippen LogP contribution in [0.25, 0.3) is 0 Å². The molecule has 0 spiro atoms. The number of carbonyl (C=O) groups is 1. The molecule has 0 bridgehead atoms. The normalized spacial score (nSPS) is 16.9. The van der Waals surface area contributed by atoms with E-state index < -0.39 is 0 Å². The first kappa shape index (κ1) is 17.7. The third-order valence-electron chi connectivity index (χ3n) is 3.13. The average Bonchev–Trinajstić information content (AvgIpc) is 2.62. The highest BCUT2D eigenvalue weighted by Crippen LogP contribution is 2.31. The topological polar surface area (TPSA) is 26.3 Å². The molecule has 0 heterocycles. The van der Waals surface area contributed by atoms with Crippen molar-refractivity contribution in [2.75, 3.05) is 7.11 Å². The van der Waals surface area contributed by atoms with Crippen LogP contribution in [0.15, 0.2) is 18.2 Å². The van der Waals surface area contributed by atoms with Crippen LogP contribution in [0.4, 0.5) is 0 Å². The molecule has 1 aliphatic carbocycles. The summed E-state index contributed by atoms with van der Waals surface area (Å²) in [6.07, 6.45) is 2.25. The molecular weight excluding hydrogens is 236 g/mol. The Balaban J connectivity index is 0.000000741. The number of hydrogen-bond donors (Lipinski definition) is 0. The van der Waals surface area contributed by atoms with Gasteiger partial charge in [-0.05, 0) is 35.6 Å². The number of methoxy groups -OCH3 is 1. The smallest absolute Gasteiger partial charge is 0.137 e. The van der Waals surface area contributed by atoms with E-state index in [0.29, 0.717) is 24.5 Å². The van der Waals surface area contributed by atoms with Crippen LogP contribution in [-0.4, -0.2) is 12.9 Å². The first-order valence-electron chi connectivity index (χ1n) is 7.39. The van der Waals surface area contributed by atoms with Gasteiger partial charge in [-0.15, -0.1) is 0 Å². The fourth-order valence-electron chi connectivity index (χ4n) is 2.15. The molecule has 1 unspecified atom stereocenters. The number of carbonyl (C=O) groups excluding carboxylic acids is 1. The summed E-state index contributed by atoms with van der Waals surface area (Å²) in [4.78, 5) is 11.5. The lowest BCUT2D eigenvalue weighted by Gasteiger charge is -2.13. The van der Waals surface area contributed by atoms with Crippen LogP contribution in [-0.2, 0) is 11.2 Å². The second kappa shape index (κ2) is 9.60. The minimum atomic E-state index is 0.353. The maximum atomic E-state index is 11.5. The van der Waals surface area contributed by atoms with Gasteiger partial charge in [-0.1, -0.05) is 40.7 Å². The van der Waals surface area contributed by atoms with Crippen molar-refractivity contribution in [1.82, 2.24) is 0 Å². The van der Waals surface area contributed by atoms with E-state index in [1.165, 1.54) is 11.1 Å². The monoisotopic (exact) mass is 264 g/mol. The van der Waals surface area contributed by atoms with Gasteiger partial charge in [-0.2, -0.15) is 0 Å². The molecule has 1 aromatic carbocycles. The molecule has 108 valence electrons. The Morgan fingerprint density at radius 2 is 1.79 bits per heavy atom. The van der Waals surface area contributed by atoms with Crippen molar-refractivity contribution in [2.24, 2.45) is 0 Å². The number of fused-ring (bicyclic) bond motifs is 1. The number of Topliss-reactive ketones (excluding diaryl/α,β-unsaturated/α-hetero) is 1. The van der Waals surface area contributed by atoms with E-state index >= 15 is 0 Å². The van der Waals surface area contributed by atoms with Gasteiger partial charge in [0.1, 0.15) is 11.5 Å². The van der Waals surface area contributed by atoms with Gasteiger partial charge in [-0.3, -0.25) is 4.79 Å². The SMILES string of the molecule is CC.CC.COc1ccc2c(c1)C(C)CCC(=O)C2. The molecule has 0 aliphatic heterocycles. The Kier molecular flexibility index (Phi) is 8.94. The lowest BCUT2D eigenvalue weighted by Crippen LogP contribution is -2.00. The molecule has 1 atom stereocenters. The summed E-state index contributed by atoms with van der Waals surface area (Å²) in [6, 6.07) is 6.02. The van der Waals surface area contributed by atoms with Crippen molar-refractivity contribution >= 4 is 5.78 Å². The molecule has 0 saturated heterocycles. The quantitative estimate of drug-likeness (QED) is 0.684. The van der Waals surface area contributed by atoms with E-state index in [2.05, 4.69) is 13.0 Å². The van der Waals surface area contributed by atoms with Crippen molar-refractivity contribution in [3.63, 3.8) is 0 Å². The fraction of sp³-hybridized carbons (Fsp3) is 0.588. The van der Waals surface area contributed by atoms with Crippen molar-refractivity contribution in [3.05, 3.63) is 29.3 Å². The average molecular weight is 264 g/mol. The van der Waals surface area contributed by atoms with E-state index in [1.54, 1.807) is 7.11 Å². The zero-order chi connectivity index (χ0) is 14.8. The van der Waals surface area contributed by atoms with Gasteiger partial charge in [-0.25, -0.2) is 0 Å². The summed E-state index contributed by atoms with van der Waals surface area (Å²) < 4.78 is 5.21. The van der Waals surface area contributed by atoms with Gasteiger partial charge in [0.2, 0.25) is 0 Å². The van der Waals surface area contributed by atoms with E-state index in [-0.39, 0.29) is 0 Å². The molecule has 0 amide bonds. The first-order chi connectivity index (χ1) is 9.20. The molecule has 2 rings (SSSR count). The zero-order valence-electron chi connectivity index (χ0n) is 13.2. The summed E-state index contributed by atoms with van der Waals surface area (Å²) in [7, 11) is 1.67. The second-order valence-corrected chi connectivity index (χ2v) is 4.22. The highest BCUT2D eigenvalue weighted by Gasteiger charge is 2.19. The van der Waals surface area contributed by atoms with Crippen LogP contribution < -0.4 is 4.74 Å². The third-order valence-corrected chi connectivity index (χ3v) is 3.13. The summed E-state index contributed by atoms with van der Waals surface area (Å²) in [5, 5.41) is 0. The van der Waals surface area contributed by atoms with Crippen LogP contribution in [0.3, 0.4) is 0 Å². The van der Waals surface area contributed by atoms with Crippen LogP contribution in [0.5, 0.6) is 5.75 Å². The van der Waals surface area contributed by atoms with Crippen molar-refractivity contribution in [1.29, 1.82) is 0 Å². The minimum absolute atomic E-state index is 0.353. The standard InChI is InChI=1S/C13H16O2.2C2H6/c1-9-3-5-11(14)7-10-4-6-12(15-2)8-13(9)10;2*1-2/h4,6,8-9H,3,5,7H2,1-2H3;2*1-2H3. The summed E-state index contributed by atoms with van der Waals surface area (Å²) in [5.74, 6) is 1.70. The summed E-state index contributed by atoms with van der Waals surface area (Å²) in [5.41, 5.74) is 2.45. The van der Waals surface area contributed by atoms with Gasteiger partial charge in [0, 0.05) is 12.8 Å². The van der Waals surface area contributed by atoms with Crippen LogP contribution >= 0.6 is 0 Å². The van der Waals surface area contributed by atoms with Crippen molar-refractivity contribution in [2.45, 2.75) is 59.8 Å². The molecule has 0 N–H and O–H groups in total. The van der Waals surface area contributed by atoms with Gasteiger partial charge in [0.25, 0.3) is 0 Å². The Hall–Kier alpha value is -1.31. The molecule has 0 radical (unpaired) electrons. The predicted octanol–water partition coefficient (Wildman–Crippen LogP) is 4.76. The molecule has 0 fully saturated rings. The number of ether oxygens (including phenoxy) is 1. The number of hydrogen-bond acceptors (Lipinski definition) is 2. The molecule has 1 aromatic rings. The Bertz CT molecular complexity index is 383. The predicted molar refractivity (Wildman–Crippen MR) is 82.1 cm³/mol. The molecule has 2 nitrogen and oxygen atoms in total. The molecule has 0 aromatic heterocycles. The first-order valence-corrected chi connectivity index (χ1v) is 7.39. The highest BCUT2D eigenvalue weighted by molar-refractivity contribution is 5.82. The maximum Gasteiger partial charge on any atom is 0.137 e. The number of ketones is 1. The summed E-state index contributed by atoms with van der Waals surface area (Å²) >= 11 is 0. The van der Waals surface area contributed by atoms with Crippen LogP contribution in [0, 0.1) is 0 Å². The van der Waals surface area contributed by atoms with E-state index in [4.69, 9.17) is 4.74 Å². The molecule has 19 heavy (non-hydrogen) atoms. The van der Waals surface area contributed by atoms with Gasteiger partial charge in [0.05, 0.1) is 7.11 Å². The van der Waals surface area contributed by atoms with Gasteiger partial charge in [0.15, 0.2) is 0 Å². The van der Waals surface area contributed by atoms with Crippen molar-refractivity contribution < 1.29 is 9.53 Å². The van der Waals surface area contributed by atoms with Crippen LogP contribution in [0.1, 0.15) is 64.5 Å². The molecule has 0 saturated carbocycles. The molecule has 2 heteroatoms. The Morgan fingerprint density at radius 3 is 2.37 bits per heavy atom. The maximum absolute atomic E-state index is 11.5. The molecular formula is C17H28O2.